The summed E-state index contributed by atoms with van der Waals surface area (Å²) in [5.41, 5.74) is -0.235. The molecule has 2 heterocycles. The van der Waals surface area contributed by atoms with Gasteiger partial charge in [0.1, 0.15) is 0 Å². The maximum absolute atomic E-state index is 13.0. The molecule has 2 atom stereocenters. The maximum atomic E-state index is 13.0. The number of carbonyl (C=O) groups is 2. The highest BCUT2D eigenvalue weighted by atomic mass is 32.2. The van der Waals surface area contributed by atoms with E-state index in [9.17, 15) is 23.1 Å². The van der Waals surface area contributed by atoms with Crippen LogP contribution < -0.4 is 4.90 Å². The average molecular weight is 378 g/mol. The fourth-order valence-electron chi connectivity index (χ4n) is 4.64. The van der Waals surface area contributed by atoms with E-state index >= 15 is 0 Å². The minimum absolute atomic E-state index is 0.0433. The van der Waals surface area contributed by atoms with Crippen molar-refractivity contribution in [1.29, 1.82) is 0 Å². The molecule has 2 aliphatic heterocycles. The van der Waals surface area contributed by atoms with Crippen LogP contribution in [-0.4, -0.2) is 49.3 Å². The number of sulfonamides is 1. The van der Waals surface area contributed by atoms with E-state index in [1.54, 1.807) is 17.0 Å². The van der Waals surface area contributed by atoms with Gasteiger partial charge in [-0.3, -0.25) is 9.59 Å². The van der Waals surface area contributed by atoms with E-state index in [0.29, 0.717) is 25.1 Å². The number of anilines is 1. The minimum atomic E-state index is -3.74. The van der Waals surface area contributed by atoms with Gasteiger partial charge in [0.15, 0.2) is 0 Å². The Hall–Kier alpha value is -1.93. The molecule has 2 saturated heterocycles. The SMILES string of the molecule is O=C1CCCN1c1ccc(S(=O)(=O)N2C[C@@H]3CCC[C@@]3(C(=O)O)C2)cc1. The van der Waals surface area contributed by atoms with Gasteiger partial charge in [-0.1, -0.05) is 6.42 Å². The molecule has 4 rings (SSSR count). The normalized spacial score (nSPS) is 29.3. The van der Waals surface area contributed by atoms with Crippen LogP contribution in [0.25, 0.3) is 0 Å². The lowest BCUT2D eigenvalue weighted by molar-refractivity contribution is -0.149. The molecule has 3 fully saturated rings. The highest BCUT2D eigenvalue weighted by Crippen LogP contribution is 2.50. The summed E-state index contributed by atoms with van der Waals surface area (Å²) in [6.45, 7) is 0.961. The van der Waals surface area contributed by atoms with Gasteiger partial charge in [-0.15, -0.1) is 0 Å². The number of carboxylic acids is 1. The number of benzene rings is 1. The van der Waals surface area contributed by atoms with Crippen molar-refractivity contribution >= 4 is 27.6 Å². The van der Waals surface area contributed by atoms with Crippen molar-refractivity contribution in [2.24, 2.45) is 11.3 Å². The Bertz CT molecular complexity index is 851. The summed E-state index contributed by atoms with van der Waals surface area (Å²) in [4.78, 5) is 25.4. The molecule has 0 bridgehead atoms. The summed E-state index contributed by atoms with van der Waals surface area (Å²) in [5.74, 6) is -0.951. The topological polar surface area (TPSA) is 95.0 Å². The number of fused-ring (bicyclic) bond motifs is 1. The first-order valence-corrected chi connectivity index (χ1v) is 10.4. The molecule has 3 aliphatic rings. The largest absolute Gasteiger partial charge is 0.481 e. The van der Waals surface area contributed by atoms with Gasteiger partial charge in [0.25, 0.3) is 0 Å². The molecular formula is C18H22N2O5S. The second kappa shape index (κ2) is 6.06. The second-order valence-electron chi connectivity index (χ2n) is 7.49. The first kappa shape index (κ1) is 17.5. The van der Waals surface area contributed by atoms with E-state index in [-0.39, 0.29) is 29.8 Å². The van der Waals surface area contributed by atoms with Gasteiger partial charge in [-0.05, 0) is 49.4 Å². The van der Waals surface area contributed by atoms with E-state index in [0.717, 1.165) is 19.3 Å². The molecule has 0 radical (unpaired) electrons. The van der Waals surface area contributed by atoms with E-state index in [4.69, 9.17) is 0 Å². The molecule has 8 heteroatoms. The summed E-state index contributed by atoms with van der Waals surface area (Å²) in [6, 6.07) is 6.33. The van der Waals surface area contributed by atoms with E-state index < -0.39 is 21.4 Å². The number of nitrogens with zero attached hydrogens (tertiary/aromatic N) is 2. The first-order valence-electron chi connectivity index (χ1n) is 8.98. The lowest BCUT2D eigenvalue weighted by Gasteiger charge is -2.23. The average Bonchev–Trinajstić information content (AvgIpc) is 3.28. The van der Waals surface area contributed by atoms with Crippen LogP contribution in [0.2, 0.25) is 0 Å². The quantitative estimate of drug-likeness (QED) is 0.860. The maximum Gasteiger partial charge on any atom is 0.311 e. The van der Waals surface area contributed by atoms with Gasteiger partial charge in [0.2, 0.25) is 15.9 Å². The Balaban J connectivity index is 1.58. The predicted molar refractivity (Wildman–Crippen MR) is 94.2 cm³/mol. The zero-order chi connectivity index (χ0) is 18.5. The van der Waals surface area contributed by atoms with Gasteiger partial charge >= 0.3 is 5.97 Å². The Morgan fingerprint density at radius 2 is 1.92 bits per heavy atom. The molecule has 1 N–H and O–H groups in total. The van der Waals surface area contributed by atoms with Crippen molar-refractivity contribution in [2.75, 3.05) is 24.5 Å². The van der Waals surface area contributed by atoms with Crippen molar-refractivity contribution in [1.82, 2.24) is 4.31 Å². The molecule has 140 valence electrons. The van der Waals surface area contributed by atoms with Crippen molar-refractivity contribution in [3.8, 4) is 0 Å². The standard InChI is InChI=1S/C18H22N2O5S/c21-16-4-2-10-20(16)14-5-7-15(8-6-14)26(24,25)19-11-13-3-1-9-18(13,12-19)17(22)23/h5-8,13H,1-4,9-12H2,(H,22,23)/t13-,18+/m0/s1. The van der Waals surface area contributed by atoms with Crippen LogP contribution in [0.3, 0.4) is 0 Å². The summed E-state index contributed by atoms with van der Waals surface area (Å²) < 4.78 is 27.3. The van der Waals surface area contributed by atoms with Crippen molar-refractivity contribution in [3.63, 3.8) is 0 Å². The van der Waals surface area contributed by atoms with Crippen LogP contribution in [-0.2, 0) is 19.6 Å². The van der Waals surface area contributed by atoms with Gasteiger partial charge in [-0.2, -0.15) is 4.31 Å². The van der Waals surface area contributed by atoms with Gasteiger partial charge < -0.3 is 10.0 Å². The van der Waals surface area contributed by atoms with Crippen molar-refractivity contribution < 1.29 is 23.1 Å². The number of hydrogen-bond donors (Lipinski definition) is 1. The first-order chi connectivity index (χ1) is 12.3. The van der Waals surface area contributed by atoms with Gasteiger partial charge in [0, 0.05) is 31.7 Å². The summed E-state index contributed by atoms with van der Waals surface area (Å²) in [7, 11) is -3.74. The van der Waals surface area contributed by atoms with Gasteiger partial charge in [0.05, 0.1) is 10.3 Å². The van der Waals surface area contributed by atoms with Crippen molar-refractivity contribution in [2.45, 2.75) is 37.0 Å². The number of rotatable bonds is 4. The highest BCUT2D eigenvalue weighted by Gasteiger charge is 2.57. The fourth-order valence-corrected chi connectivity index (χ4v) is 6.20. The number of aliphatic carboxylic acids is 1. The molecule has 0 aromatic heterocycles. The highest BCUT2D eigenvalue weighted by molar-refractivity contribution is 7.89. The lowest BCUT2D eigenvalue weighted by atomic mass is 9.81. The van der Waals surface area contributed by atoms with Crippen LogP contribution in [0.15, 0.2) is 29.2 Å². The second-order valence-corrected chi connectivity index (χ2v) is 9.43. The fraction of sp³-hybridized carbons (Fsp3) is 0.556. The Labute approximate surface area is 152 Å². The molecule has 1 aromatic carbocycles. The number of hydrogen-bond acceptors (Lipinski definition) is 4. The van der Waals surface area contributed by atoms with E-state index in [1.807, 2.05) is 0 Å². The van der Waals surface area contributed by atoms with E-state index in [1.165, 1.54) is 16.4 Å². The number of carboxylic acid groups (broad SMARTS) is 1. The summed E-state index contributed by atoms with van der Waals surface area (Å²) in [6.07, 6.45) is 3.46. The van der Waals surface area contributed by atoms with Gasteiger partial charge in [-0.25, -0.2) is 8.42 Å². The molecule has 1 aliphatic carbocycles. The summed E-state index contributed by atoms with van der Waals surface area (Å²) in [5, 5.41) is 9.65. The van der Waals surface area contributed by atoms with Crippen molar-refractivity contribution in [3.05, 3.63) is 24.3 Å². The number of carbonyl (C=O) groups excluding carboxylic acids is 1. The lowest BCUT2D eigenvalue weighted by Crippen LogP contribution is -2.37. The Morgan fingerprint density at radius 3 is 2.50 bits per heavy atom. The molecular weight excluding hydrogens is 356 g/mol. The van der Waals surface area contributed by atoms with Crippen LogP contribution in [0.4, 0.5) is 5.69 Å². The molecule has 1 amide bonds. The monoisotopic (exact) mass is 378 g/mol. The third kappa shape index (κ3) is 2.54. The molecule has 0 unspecified atom stereocenters. The molecule has 1 saturated carbocycles. The third-order valence-corrected chi connectivity index (χ3v) is 7.95. The smallest absolute Gasteiger partial charge is 0.311 e. The molecule has 26 heavy (non-hydrogen) atoms. The summed E-state index contributed by atoms with van der Waals surface area (Å²) >= 11 is 0. The number of amides is 1. The third-order valence-electron chi connectivity index (χ3n) is 6.12. The molecule has 1 aromatic rings. The van der Waals surface area contributed by atoms with Crippen LogP contribution in [0.1, 0.15) is 32.1 Å². The zero-order valence-electron chi connectivity index (χ0n) is 14.4. The zero-order valence-corrected chi connectivity index (χ0v) is 15.2. The predicted octanol–water partition coefficient (Wildman–Crippen LogP) is 1.69. The Morgan fingerprint density at radius 1 is 1.19 bits per heavy atom. The van der Waals surface area contributed by atoms with Crippen LogP contribution >= 0.6 is 0 Å². The van der Waals surface area contributed by atoms with Crippen LogP contribution in [0, 0.1) is 11.3 Å². The van der Waals surface area contributed by atoms with E-state index in [2.05, 4.69) is 0 Å². The molecule has 7 nitrogen and oxygen atoms in total. The molecule has 0 spiro atoms. The Kier molecular flexibility index (Phi) is 4.07. The minimum Gasteiger partial charge on any atom is -0.481 e. The van der Waals surface area contributed by atoms with Crippen LogP contribution in [0.5, 0.6) is 0 Å².